The molecule has 1 aliphatic carbocycles. The van der Waals surface area contributed by atoms with Gasteiger partial charge in [-0.3, -0.25) is 4.79 Å². The highest BCUT2D eigenvalue weighted by Gasteiger charge is 2.17. The van der Waals surface area contributed by atoms with Crippen LogP contribution < -0.4 is 5.73 Å². The summed E-state index contributed by atoms with van der Waals surface area (Å²) in [5.74, 6) is 1.67. The zero-order chi connectivity index (χ0) is 18.1. The van der Waals surface area contributed by atoms with Crippen LogP contribution >= 0.6 is 11.8 Å². The van der Waals surface area contributed by atoms with E-state index in [2.05, 4.69) is 32.4 Å². The molecule has 26 heavy (non-hydrogen) atoms. The summed E-state index contributed by atoms with van der Waals surface area (Å²) >= 11 is 1.38. The molecule has 0 fully saturated rings. The molecule has 9 heteroatoms. The van der Waals surface area contributed by atoms with E-state index in [1.165, 1.54) is 29.3 Å². The molecule has 8 nitrogen and oxygen atoms in total. The summed E-state index contributed by atoms with van der Waals surface area (Å²) in [6.07, 6.45) is 3.40. The molecular weight excluding hydrogens is 352 g/mol. The van der Waals surface area contributed by atoms with Crippen LogP contribution in [0.1, 0.15) is 35.1 Å². The molecule has 2 N–H and O–H groups in total. The van der Waals surface area contributed by atoms with Crippen LogP contribution in [0.15, 0.2) is 27.8 Å². The van der Waals surface area contributed by atoms with Crippen LogP contribution in [0.5, 0.6) is 0 Å². The second-order valence-electron chi connectivity index (χ2n) is 6.18. The van der Waals surface area contributed by atoms with Gasteiger partial charge in [0.25, 0.3) is 5.22 Å². The third kappa shape index (κ3) is 3.48. The van der Waals surface area contributed by atoms with Crippen LogP contribution in [0.3, 0.4) is 0 Å². The number of thioether (sulfide) groups is 1. The van der Waals surface area contributed by atoms with Gasteiger partial charge in [0.2, 0.25) is 11.8 Å². The van der Waals surface area contributed by atoms with Gasteiger partial charge in [-0.05, 0) is 42.5 Å². The van der Waals surface area contributed by atoms with Crippen LogP contribution in [0.4, 0.5) is 0 Å². The summed E-state index contributed by atoms with van der Waals surface area (Å²) in [7, 11) is 0. The number of nitrogens with two attached hydrogens (primary N) is 1. The van der Waals surface area contributed by atoms with E-state index in [1.807, 2.05) is 6.07 Å². The number of rotatable bonds is 6. The predicted octanol–water partition coefficient (Wildman–Crippen LogP) is 1.77. The van der Waals surface area contributed by atoms with Crippen molar-refractivity contribution in [3.8, 4) is 5.69 Å². The fraction of sp³-hybridized carbons (Fsp3) is 0.353. The van der Waals surface area contributed by atoms with Crippen molar-refractivity contribution in [1.29, 1.82) is 0 Å². The molecule has 0 unspecified atom stereocenters. The first-order chi connectivity index (χ1) is 12.6. The number of hydrogen-bond donors (Lipinski definition) is 1. The SMILES string of the molecule is Cc1nnc(SCc2nc(CC(N)=O)nn2-c2ccc3c(c2)CCC3)o1. The maximum Gasteiger partial charge on any atom is 0.277 e. The predicted molar refractivity (Wildman–Crippen MR) is 94.9 cm³/mol. The summed E-state index contributed by atoms with van der Waals surface area (Å²) in [5, 5.41) is 12.8. The van der Waals surface area contributed by atoms with E-state index in [0.717, 1.165) is 18.5 Å². The van der Waals surface area contributed by atoms with Crippen molar-refractivity contribution < 1.29 is 9.21 Å². The molecule has 0 atom stereocenters. The Balaban J connectivity index is 1.65. The molecule has 0 aliphatic heterocycles. The van der Waals surface area contributed by atoms with Gasteiger partial charge < -0.3 is 10.2 Å². The number of amides is 1. The van der Waals surface area contributed by atoms with Gasteiger partial charge >= 0.3 is 0 Å². The Morgan fingerprint density at radius 2 is 2.15 bits per heavy atom. The highest BCUT2D eigenvalue weighted by Crippen LogP contribution is 2.26. The van der Waals surface area contributed by atoms with Gasteiger partial charge in [-0.1, -0.05) is 17.8 Å². The zero-order valence-corrected chi connectivity index (χ0v) is 15.1. The summed E-state index contributed by atoms with van der Waals surface area (Å²) < 4.78 is 7.16. The van der Waals surface area contributed by atoms with Crippen molar-refractivity contribution in [2.75, 3.05) is 0 Å². The quantitative estimate of drug-likeness (QED) is 0.658. The highest BCUT2D eigenvalue weighted by molar-refractivity contribution is 7.98. The van der Waals surface area contributed by atoms with E-state index in [9.17, 15) is 4.79 Å². The minimum atomic E-state index is -0.456. The number of primary amides is 1. The van der Waals surface area contributed by atoms with E-state index in [0.29, 0.717) is 28.5 Å². The average molecular weight is 370 g/mol. The molecule has 0 saturated carbocycles. The Labute approximate surface area is 154 Å². The largest absolute Gasteiger partial charge is 0.416 e. The molecule has 0 spiro atoms. The lowest BCUT2D eigenvalue weighted by Crippen LogP contribution is -2.14. The smallest absolute Gasteiger partial charge is 0.277 e. The zero-order valence-electron chi connectivity index (χ0n) is 14.3. The number of carbonyl (C=O) groups excluding carboxylic acids is 1. The lowest BCUT2D eigenvalue weighted by Gasteiger charge is -2.07. The molecule has 2 aromatic heterocycles. The van der Waals surface area contributed by atoms with Gasteiger partial charge in [0.05, 0.1) is 17.9 Å². The molecule has 2 heterocycles. The van der Waals surface area contributed by atoms with Crippen LogP contribution in [-0.4, -0.2) is 30.9 Å². The molecule has 4 rings (SSSR count). The monoisotopic (exact) mass is 370 g/mol. The molecule has 1 aromatic carbocycles. The van der Waals surface area contributed by atoms with Crippen LogP contribution in [0, 0.1) is 6.92 Å². The van der Waals surface area contributed by atoms with Crippen LogP contribution in [0.2, 0.25) is 0 Å². The van der Waals surface area contributed by atoms with Gasteiger partial charge in [-0.15, -0.1) is 10.2 Å². The van der Waals surface area contributed by atoms with Crippen LogP contribution in [-0.2, 0) is 29.8 Å². The second kappa shape index (κ2) is 6.91. The van der Waals surface area contributed by atoms with Gasteiger partial charge in [-0.2, -0.15) is 5.10 Å². The topological polar surface area (TPSA) is 113 Å². The van der Waals surface area contributed by atoms with Crippen molar-refractivity contribution in [2.45, 2.75) is 43.6 Å². The normalized spacial score (nSPS) is 13.1. The van der Waals surface area contributed by atoms with Gasteiger partial charge in [-0.25, -0.2) is 9.67 Å². The Morgan fingerprint density at radius 1 is 1.31 bits per heavy atom. The van der Waals surface area contributed by atoms with Gasteiger partial charge in [0, 0.05) is 6.92 Å². The van der Waals surface area contributed by atoms with E-state index in [4.69, 9.17) is 10.2 Å². The van der Waals surface area contributed by atoms with Crippen molar-refractivity contribution >= 4 is 17.7 Å². The van der Waals surface area contributed by atoms with Crippen molar-refractivity contribution in [3.05, 3.63) is 46.9 Å². The first-order valence-corrected chi connectivity index (χ1v) is 9.35. The van der Waals surface area contributed by atoms with E-state index >= 15 is 0 Å². The third-order valence-electron chi connectivity index (χ3n) is 4.21. The Bertz CT molecular complexity index is 964. The van der Waals surface area contributed by atoms with Gasteiger partial charge in [0.15, 0.2) is 5.82 Å². The fourth-order valence-corrected chi connectivity index (χ4v) is 3.79. The molecule has 3 aromatic rings. The highest BCUT2D eigenvalue weighted by atomic mass is 32.2. The molecule has 1 amide bonds. The standard InChI is InChI=1S/C17H18N6O2S/c1-10-20-21-17(25-10)26-9-16-19-15(8-14(18)24)22-23(16)13-6-5-11-3-2-4-12(11)7-13/h5-7H,2-4,8-9H2,1H3,(H2,18,24). The summed E-state index contributed by atoms with van der Waals surface area (Å²) in [4.78, 5) is 15.7. The molecule has 0 radical (unpaired) electrons. The van der Waals surface area contributed by atoms with E-state index < -0.39 is 5.91 Å². The Hall–Kier alpha value is -2.68. The van der Waals surface area contributed by atoms with E-state index in [1.54, 1.807) is 11.6 Å². The number of nitrogens with zero attached hydrogens (tertiary/aromatic N) is 5. The Kier molecular flexibility index (Phi) is 4.46. The molecule has 134 valence electrons. The number of hydrogen-bond acceptors (Lipinski definition) is 7. The fourth-order valence-electron chi connectivity index (χ4n) is 3.08. The molecule has 0 bridgehead atoms. The summed E-state index contributed by atoms with van der Waals surface area (Å²) in [5.41, 5.74) is 8.97. The van der Waals surface area contributed by atoms with E-state index in [-0.39, 0.29) is 6.42 Å². The number of aryl methyl sites for hydroxylation is 3. The lowest BCUT2D eigenvalue weighted by molar-refractivity contribution is -0.117. The summed E-state index contributed by atoms with van der Waals surface area (Å²) in [6, 6.07) is 6.33. The van der Waals surface area contributed by atoms with Gasteiger partial charge in [0.1, 0.15) is 5.82 Å². The van der Waals surface area contributed by atoms with Crippen molar-refractivity contribution in [1.82, 2.24) is 25.0 Å². The number of fused-ring (bicyclic) bond motifs is 1. The first-order valence-electron chi connectivity index (χ1n) is 8.36. The average Bonchev–Trinajstić information content (AvgIpc) is 3.31. The molecule has 1 aliphatic rings. The maximum atomic E-state index is 11.3. The van der Waals surface area contributed by atoms with Crippen LogP contribution in [0.25, 0.3) is 5.69 Å². The first kappa shape index (κ1) is 16.8. The third-order valence-corrected chi connectivity index (χ3v) is 5.02. The number of carbonyl (C=O) groups is 1. The second-order valence-corrected chi connectivity index (χ2v) is 7.11. The van der Waals surface area contributed by atoms with Crippen molar-refractivity contribution in [3.63, 3.8) is 0 Å². The number of benzene rings is 1. The maximum absolute atomic E-state index is 11.3. The lowest BCUT2D eigenvalue weighted by atomic mass is 10.1. The summed E-state index contributed by atoms with van der Waals surface area (Å²) in [6.45, 7) is 1.75. The minimum absolute atomic E-state index is 0.00920. The number of aromatic nitrogens is 5. The molecule has 0 saturated heterocycles. The van der Waals surface area contributed by atoms with Crippen molar-refractivity contribution in [2.24, 2.45) is 5.73 Å². The molecular formula is C17H18N6O2S. The minimum Gasteiger partial charge on any atom is -0.416 e. The Morgan fingerprint density at radius 3 is 2.92 bits per heavy atom.